The number of carbonyl (C=O) groups is 2. The monoisotopic (exact) mass is 207 g/mol. The second-order valence-corrected chi connectivity index (χ2v) is 2.49. The zero-order valence-corrected chi connectivity index (χ0v) is 7.64. The zero-order chi connectivity index (χ0) is 11.1. The van der Waals surface area contributed by atoms with Gasteiger partial charge in [0.2, 0.25) is 0 Å². The minimum absolute atomic E-state index is 0.398. The van der Waals surface area contributed by atoms with Crippen LogP contribution in [0.3, 0.4) is 0 Å². The lowest BCUT2D eigenvalue weighted by molar-refractivity contribution is -0.144. The Labute approximate surface area is 80.3 Å². The Morgan fingerprint density at radius 2 is 2.00 bits per heavy atom. The van der Waals surface area contributed by atoms with Crippen LogP contribution in [0.2, 0.25) is 0 Å². The van der Waals surface area contributed by atoms with E-state index in [4.69, 9.17) is 15.3 Å². The highest BCUT2D eigenvalue weighted by Gasteiger charge is 2.23. The van der Waals surface area contributed by atoms with Crippen molar-refractivity contribution in [3.63, 3.8) is 0 Å². The summed E-state index contributed by atoms with van der Waals surface area (Å²) < 4.78 is 4.22. The summed E-state index contributed by atoms with van der Waals surface area (Å²) in [5.41, 5.74) is 0. The van der Waals surface area contributed by atoms with E-state index in [9.17, 15) is 9.59 Å². The number of hydrogen-bond acceptors (Lipinski definition) is 6. The maximum atomic E-state index is 10.9. The van der Waals surface area contributed by atoms with E-state index >= 15 is 0 Å². The highest BCUT2D eigenvalue weighted by Crippen LogP contribution is 1.91. The van der Waals surface area contributed by atoms with Gasteiger partial charge in [0.1, 0.15) is 12.6 Å². The summed E-state index contributed by atoms with van der Waals surface area (Å²) >= 11 is 0. The topological polar surface area (TPSA) is 116 Å². The molecule has 2 unspecified atom stereocenters. The van der Waals surface area contributed by atoms with Crippen LogP contribution in [0.5, 0.6) is 0 Å². The standard InChI is InChI=1S/C7H13NO6/c1-14-5(11)2-8-7(13)6(12)4(10)3-9/h4,6,9-10,12H,2-3H2,1H3,(H,8,13). The molecule has 1 amide bonds. The summed E-state index contributed by atoms with van der Waals surface area (Å²) in [7, 11) is 1.15. The Kier molecular flexibility index (Phi) is 5.77. The molecule has 0 aromatic carbocycles. The van der Waals surface area contributed by atoms with E-state index < -0.39 is 37.2 Å². The molecule has 0 saturated heterocycles. The average Bonchev–Trinajstić information content (AvgIpc) is 2.22. The third kappa shape index (κ3) is 4.17. The van der Waals surface area contributed by atoms with Crippen molar-refractivity contribution in [2.24, 2.45) is 0 Å². The first-order valence-electron chi connectivity index (χ1n) is 3.84. The number of esters is 1. The second-order valence-electron chi connectivity index (χ2n) is 2.49. The fourth-order valence-corrected chi connectivity index (χ4v) is 0.611. The van der Waals surface area contributed by atoms with Crippen LogP contribution in [0.25, 0.3) is 0 Å². The Morgan fingerprint density at radius 1 is 1.43 bits per heavy atom. The van der Waals surface area contributed by atoms with Crippen molar-refractivity contribution < 1.29 is 29.6 Å². The van der Waals surface area contributed by atoms with E-state index in [-0.39, 0.29) is 0 Å². The first kappa shape index (κ1) is 12.8. The van der Waals surface area contributed by atoms with Crippen LogP contribution in [0.15, 0.2) is 0 Å². The molecule has 0 fully saturated rings. The molecule has 0 aliphatic carbocycles. The Balaban J connectivity index is 3.90. The van der Waals surface area contributed by atoms with Gasteiger partial charge in [-0.15, -0.1) is 0 Å². The molecule has 0 bridgehead atoms. The van der Waals surface area contributed by atoms with Gasteiger partial charge in [0.25, 0.3) is 5.91 Å². The second kappa shape index (κ2) is 6.30. The van der Waals surface area contributed by atoms with Gasteiger partial charge in [0, 0.05) is 0 Å². The smallest absolute Gasteiger partial charge is 0.325 e. The van der Waals surface area contributed by atoms with Gasteiger partial charge in [-0.2, -0.15) is 0 Å². The number of nitrogens with one attached hydrogen (secondary N) is 1. The molecule has 0 aliphatic heterocycles. The molecule has 0 radical (unpaired) electrons. The number of aliphatic hydroxyl groups excluding tert-OH is 3. The quantitative estimate of drug-likeness (QED) is 0.357. The van der Waals surface area contributed by atoms with E-state index in [0.717, 1.165) is 7.11 Å². The number of rotatable bonds is 5. The van der Waals surface area contributed by atoms with Crippen LogP contribution in [-0.2, 0) is 14.3 Å². The summed E-state index contributed by atoms with van der Waals surface area (Å²) in [4.78, 5) is 21.5. The fraction of sp³-hybridized carbons (Fsp3) is 0.714. The van der Waals surface area contributed by atoms with E-state index in [1.54, 1.807) is 0 Å². The molecule has 7 nitrogen and oxygen atoms in total. The van der Waals surface area contributed by atoms with Crippen LogP contribution >= 0.6 is 0 Å². The summed E-state index contributed by atoms with van der Waals surface area (Å²) in [6.07, 6.45) is -3.32. The largest absolute Gasteiger partial charge is 0.468 e. The van der Waals surface area contributed by atoms with Crippen LogP contribution in [-0.4, -0.2) is 59.7 Å². The van der Waals surface area contributed by atoms with Gasteiger partial charge in [-0.25, -0.2) is 0 Å². The molecule has 0 rings (SSSR count). The molecule has 0 heterocycles. The summed E-state index contributed by atoms with van der Waals surface area (Å²) in [5.74, 6) is -1.62. The van der Waals surface area contributed by atoms with Gasteiger partial charge in [-0.3, -0.25) is 9.59 Å². The molecule has 0 saturated carbocycles. The van der Waals surface area contributed by atoms with Crippen molar-refractivity contribution >= 4 is 11.9 Å². The predicted molar refractivity (Wildman–Crippen MR) is 44.1 cm³/mol. The molecule has 7 heteroatoms. The Bertz CT molecular complexity index is 206. The van der Waals surface area contributed by atoms with Crippen molar-refractivity contribution in [3.8, 4) is 0 Å². The lowest BCUT2D eigenvalue weighted by Gasteiger charge is -2.14. The van der Waals surface area contributed by atoms with Crippen molar-refractivity contribution in [2.75, 3.05) is 20.3 Å². The van der Waals surface area contributed by atoms with Gasteiger partial charge >= 0.3 is 5.97 Å². The summed E-state index contributed by atoms with van der Waals surface area (Å²) in [6, 6.07) is 0. The SMILES string of the molecule is COC(=O)CNC(=O)C(O)C(O)CO. The minimum Gasteiger partial charge on any atom is -0.468 e. The normalized spacial score (nSPS) is 14.3. The number of methoxy groups -OCH3 is 1. The summed E-state index contributed by atoms with van der Waals surface area (Å²) in [6.45, 7) is -1.14. The number of aliphatic hydroxyl groups is 3. The van der Waals surface area contributed by atoms with Crippen LogP contribution in [0.4, 0.5) is 0 Å². The number of carbonyl (C=O) groups excluding carboxylic acids is 2. The zero-order valence-electron chi connectivity index (χ0n) is 7.64. The number of hydrogen-bond donors (Lipinski definition) is 4. The molecular formula is C7H13NO6. The molecular weight excluding hydrogens is 194 g/mol. The number of ether oxygens (including phenoxy) is 1. The van der Waals surface area contributed by atoms with Crippen molar-refractivity contribution in [2.45, 2.75) is 12.2 Å². The fourth-order valence-electron chi connectivity index (χ4n) is 0.611. The molecule has 0 aliphatic rings. The lowest BCUT2D eigenvalue weighted by atomic mass is 10.2. The highest BCUT2D eigenvalue weighted by molar-refractivity contribution is 5.85. The van der Waals surface area contributed by atoms with Crippen LogP contribution < -0.4 is 5.32 Å². The van der Waals surface area contributed by atoms with Gasteiger partial charge in [0.05, 0.1) is 13.7 Å². The molecule has 0 aromatic rings. The lowest BCUT2D eigenvalue weighted by Crippen LogP contribution is -2.45. The van der Waals surface area contributed by atoms with Crippen molar-refractivity contribution in [1.29, 1.82) is 0 Å². The van der Waals surface area contributed by atoms with E-state index in [2.05, 4.69) is 4.74 Å². The first-order valence-corrected chi connectivity index (χ1v) is 3.84. The molecule has 82 valence electrons. The van der Waals surface area contributed by atoms with Gasteiger partial charge < -0.3 is 25.4 Å². The molecule has 0 aromatic heterocycles. The van der Waals surface area contributed by atoms with Crippen LogP contribution in [0, 0.1) is 0 Å². The predicted octanol–water partition coefficient (Wildman–Crippen LogP) is -3.01. The number of amides is 1. The average molecular weight is 207 g/mol. The first-order chi connectivity index (χ1) is 6.52. The van der Waals surface area contributed by atoms with Gasteiger partial charge in [-0.05, 0) is 0 Å². The maximum absolute atomic E-state index is 10.9. The molecule has 14 heavy (non-hydrogen) atoms. The van der Waals surface area contributed by atoms with Gasteiger partial charge in [-0.1, -0.05) is 0 Å². The molecule has 2 atom stereocenters. The maximum Gasteiger partial charge on any atom is 0.325 e. The summed E-state index contributed by atoms with van der Waals surface area (Å²) in [5, 5.41) is 28.2. The van der Waals surface area contributed by atoms with Gasteiger partial charge in [0.15, 0.2) is 6.10 Å². The van der Waals surface area contributed by atoms with E-state index in [0.29, 0.717) is 0 Å². The van der Waals surface area contributed by atoms with Crippen molar-refractivity contribution in [1.82, 2.24) is 5.32 Å². The van der Waals surface area contributed by atoms with Crippen LogP contribution in [0.1, 0.15) is 0 Å². The third-order valence-corrected chi connectivity index (χ3v) is 1.45. The minimum atomic E-state index is -1.76. The van der Waals surface area contributed by atoms with Crippen molar-refractivity contribution in [3.05, 3.63) is 0 Å². The Hall–Kier alpha value is -1.18. The Morgan fingerprint density at radius 3 is 2.43 bits per heavy atom. The third-order valence-electron chi connectivity index (χ3n) is 1.45. The molecule has 0 spiro atoms. The molecule has 4 N–H and O–H groups in total. The van der Waals surface area contributed by atoms with E-state index in [1.165, 1.54) is 0 Å². The van der Waals surface area contributed by atoms with E-state index in [1.807, 2.05) is 5.32 Å². The highest BCUT2D eigenvalue weighted by atomic mass is 16.5.